The van der Waals surface area contributed by atoms with Crippen LogP contribution in [0.4, 0.5) is 0 Å². The molecule has 0 N–H and O–H groups in total. The summed E-state index contributed by atoms with van der Waals surface area (Å²) in [6, 6.07) is 11.6. The Hall–Kier alpha value is -2.30. The molecule has 1 radical (unpaired) electrons. The van der Waals surface area contributed by atoms with Gasteiger partial charge in [-0.1, -0.05) is 17.7 Å². The van der Waals surface area contributed by atoms with Crippen LogP contribution in [0.2, 0.25) is 0 Å². The van der Waals surface area contributed by atoms with Crippen molar-refractivity contribution in [2.24, 2.45) is 7.05 Å². The molecule has 0 aliphatic heterocycles. The fraction of sp³-hybridized carbons (Fsp3) is 0.211. The molecule has 6 heteroatoms. The van der Waals surface area contributed by atoms with E-state index >= 15 is 0 Å². The molecule has 0 atom stereocenters. The molecule has 0 fully saturated rings. The Kier molecular flexibility index (Phi) is 4.58. The maximum Gasteiger partial charge on any atom is 0.114 e. The standard InChI is InChI=1S/C19H18N5.Ir/c1-12-7-13(2)18(14(3)8-12)24-11-21-22-19(24)15-5-6-17-16(9-15)20-10-23(17)4;/h6-11H,1-4H3;/q-1;. The van der Waals surface area contributed by atoms with Gasteiger partial charge in [0.05, 0.1) is 12.2 Å². The molecule has 0 amide bonds. The molecule has 0 unspecified atom stereocenters. The SMILES string of the molecule is Cc1cc(C)c(-n2cnnc2-c2[c-]cc3c(c2)ncn3C)c(C)c1.[Ir]. The summed E-state index contributed by atoms with van der Waals surface area (Å²) in [5.74, 6) is 0.776. The minimum absolute atomic E-state index is 0. The Morgan fingerprint density at radius 1 is 1.00 bits per heavy atom. The molecule has 0 aliphatic rings. The van der Waals surface area contributed by atoms with Gasteiger partial charge < -0.3 is 9.13 Å². The van der Waals surface area contributed by atoms with E-state index in [0.29, 0.717) is 0 Å². The second kappa shape index (κ2) is 6.54. The zero-order valence-electron chi connectivity index (χ0n) is 14.5. The Labute approximate surface area is 160 Å². The minimum atomic E-state index is 0. The van der Waals surface area contributed by atoms with E-state index in [0.717, 1.165) is 28.1 Å². The van der Waals surface area contributed by atoms with E-state index in [1.807, 2.05) is 28.3 Å². The van der Waals surface area contributed by atoms with Crippen molar-refractivity contribution in [1.29, 1.82) is 0 Å². The first kappa shape index (κ1) is 17.5. The third-order valence-corrected chi connectivity index (χ3v) is 4.32. The molecule has 0 spiro atoms. The Balaban J connectivity index is 0.00000182. The Morgan fingerprint density at radius 2 is 1.72 bits per heavy atom. The topological polar surface area (TPSA) is 48.5 Å². The second-order valence-electron chi connectivity index (χ2n) is 6.24. The molecular weight excluding hydrogens is 490 g/mol. The van der Waals surface area contributed by atoms with Crippen LogP contribution in [0, 0.1) is 26.8 Å². The van der Waals surface area contributed by atoms with E-state index in [9.17, 15) is 0 Å². The minimum Gasteiger partial charge on any atom is -0.373 e. The van der Waals surface area contributed by atoms with Crippen LogP contribution in [-0.2, 0) is 27.2 Å². The van der Waals surface area contributed by atoms with Crippen LogP contribution in [0.5, 0.6) is 0 Å². The van der Waals surface area contributed by atoms with E-state index in [2.05, 4.69) is 54.2 Å². The second-order valence-corrected chi connectivity index (χ2v) is 6.24. The Bertz CT molecular complexity index is 1040. The van der Waals surface area contributed by atoms with Crippen molar-refractivity contribution in [1.82, 2.24) is 24.3 Å². The normalized spacial score (nSPS) is 10.9. The first-order chi connectivity index (χ1) is 11.5. The molecule has 4 aromatic rings. The summed E-state index contributed by atoms with van der Waals surface area (Å²) < 4.78 is 4.01. The van der Waals surface area contributed by atoms with Crippen LogP contribution in [0.3, 0.4) is 0 Å². The van der Waals surface area contributed by atoms with Gasteiger partial charge in [-0.05, 0) is 37.4 Å². The predicted molar refractivity (Wildman–Crippen MR) is 94.1 cm³/mol. The van der Waals surface area contributed by atoms with Crippen molar-refractivity contribution in [3.63, 3.8) is 0 Å². The first-order valence-electron chi connectivity index (χ1n) is 7.86. The largest absolute Gasteiger partial charge is 0.373 e. The summed E-state index contributed by atoms with van der Waals surface area (Å²) >= 11 is 0. The van der Waals surface area contributed by atoms with Gasteiger partial charge in [0, 0.05) is 38.4 Å². The van der Waals surface area contributed by atoms with Gasteiger partial charge in [-0.15, -0.1) is 28.9 Å². The predicted octanol–water partition coefficient (Wildman–Crippen LogP) is 3.54. The summed E-state index contributed by atoms with van der Waals surface area (Å²) in [6.07, 6.45) is 3.57. The average molecular weight is 509 g/mol. The molecule has 4 rings (SSSR count). The van der Waals surface area contributed by atoms with Crippen molar-refractivity contribution in [3.8, 4) is 17.1 Å². The van der Waals surface area contributed by atoms with Crippen LogP contribution in [0.1, 0.15) is 16.7 Å². The van der Waals surface area contributed by atoms with Crippen LogP contribution >= 0.6 is 0 Å². The molecule has 2 aromatic carbocycles. The number of hydrogen-bond donors (Lipinski definition) is 0. The number of benzene rings is 2. The quantitative estimate of drug-likeness (QED) is 0.389. The molecule has 25 heavy (non-hydrogen) atoms. The average Bonchev–Trinajstić information content (AvgIpc) is 3.13. The van der Waals surface area contributed by atoms with Crippen LogP contribution in [0.25, 0.3) is 28.1 Å². The van der Waals surface area contributed by atoms with E-state index < -0.39 is 0 Å². The molecule has 2 heterocycles. The van der Waals surface area contributed by atoms with Gasteiger partial charge in [-0.3, -0.25) is 4.98 Å². The molecule has 0 saturated heterocycles. The van der Waals surface area contributed by atoms with Crippen molar-refractivity contribution in [2.75, 3.05) is 0 Å². The maximum atomic E-state index is 4.42. The van der Waals surface area contributed by atoms with Gasteiger partial charge in [0.25, 0.3) is 0 Å². The van der Waals surface area contributed by atoms with E-state index in [1.165, 1.54) is 16.7 Å². The smallest absolute Gasteiger partial charge is 0.114 e. The van der Waals surface area contributed by atoms with Gasteiger partial charge in [-0.2, -0.15) is 5.10 Å². The summed E-state index contributed by atoms with van der Waals surface area (Å²) in [6.45, 7) is 6.34. The first-order valence-corrected chi connectivity index (χ1v) is 7.86. The molecule has 0 bridgehead atoms. The van der Waals surface area contributed by atoms with Gasteiger partial charge in [0.1, 0.15) is 6.33 Å². The third kappa shape index (κ3) is 2.92. The van der Waals surface area contributed by atoms with Crippen LogP contribution in [0.15, 0.2) is 36.9 Å². The van der Waals surface area contributed by atoms with Gasteiger partial charge >= 0.3 is 0 Å². The number of aryl methyl sites for hydroxylation is 4. The third-order valence-electron chi connectivity index (χ3n) is 4.32. The molecule has 0 saturated carbocycles. The summed E-state index contributed by atoms with van der Waals surface area (Å²) in [4.78, 5) is 4.42. The molecule has 5 nitrogen and oxygen atoms in total. The molecule has 0 aliphatic carbocycles. The van der Waals surface area contributed by atoms with Crippen molar-refractivity contribution in [3.05, 3.63) is 59.7 Å². The van der Waals surface area contributed by atoms with E-state index in [-0.39, 0.29) is 20.1 Å². The number of aromatic nitrogens is 5. The van der Waals surface area contributed by atoms with Gasteiger partial charge in [-0.25, -0.2) is 0 Å². The monoisotopic (exact) mass is 509 g/mol. The van der Waals surface area contributed by atoms with E-state index in [1.54, 1.807) is 12.7 Å². The molecule has 2 aromatic heterocycles. The fourth-order valence-corrected chi connectivity index (χ4v) is 3.33. The number of fused-ring (bicyclic) bond motifs is 1. The van der Waals surface area contributed by atoms with Crippen molar-refractivity contribution in [2.45, 2.75) is 20.8 Å². The summed E-state index contributed by atoms with van der Waals surface area (Å²) in [5, 5.41) is 8.46. The summed E-state index contributed by atoms with van der Waals surface area (Å²) in [5.41, 5.74) is 7.64. The van der Waals surface area contributed by atoms with Crippen LogP contribution in [-0.4, -0.2) is 24.3 Å². The van der Waals surface area contributed by atoms with Gasteiger partial charge in [0.15, 0.2) is 0 Å². The van der Waals surface area contributed by atoms with Crippen molar-refractivity contribution < 1.29 is 20.1 Å². The van der Waals surface area contributed by atoms with Crippen LogP contribution < -0.4 is 0 Å². The van der Waals surface area contributed by atoms with Crippen molar-refractivity contribution >= 4 is 11.0 Å². The summed E-state index contributed by atoms with van der Waals surface area (Å²) in [7, 11) is 1.98. The van der Waals surface area contributed by atoms with Gasteiger partial charge in [0.2, 0.25) is 0 Å². The Morgan fingerprint density at radius 3 is 2.44 bits per heavy atom. The number of rotatable bonds is 2. The number of imidazole rings is 1. The molecular formula is C19H18IrN5-. The maximum absolute atomic E-state index is 4.42. The zero-order valence-corrected chi connectivity index (χ0v) is 16.9. The fourth-order valence-electron chi connectivity index (χ4n) is 3.33. The van der Waals surface area contributed by atoms with E-state index in [4.69, 9.17) is 0 Å². The number of nitrogens with zero attached hydrogens (tertiary/aromatic N) is 5. The zero-order chi connectivity index (χ0) is 16.8. The number of hydrogen-bond acceptors (Lipinski definition) is 3. The molecule has 129 valence electrons.